The maximum atomic E-state index is 12.9. The molecule has 1 aliphatic heterocycles. The summed E-state index contributed by atoms with van der Waals surface area (Å²) in [5.41, 5.74) is 6.13. The molecule has 1 aliphatic rings. The Labute approximate surface area is 207 Å². The number of amides is 1. The quantitative estimate of drug-likeness (QED) is 0.327. The summed E-state index contributed by atoms with van der Waals surface area (Å²) in [7, 11) is 0. The van der Waals surface area contributed by atoms with Crippen LogP contribution in [0.1, 0.15) is 40.3 Å². The molecule has 35 heavy (non-hydrogen) atoms. The van der Waals surface area contributed by atoms with Crippen molar-refractivity contribution in [2.45, 2.75) is 32.8 Å². The zero-order valence-corrected chi connectivity index (χ0v) is 20.3. The van der Waals surface area contributed by atoms with Crippen LogP contribution < -0.4 is 10.1 Å². The number of hydrogen-bond donors (Lipinski definition) is 1. The number of fused-ring (bicyclic) bond motifs is 2. The molecule has 1 amide bonds. The number of ether oxygens (including phenoxy) is 1. The summed E-state index contributed by atoms with van der Waals surface area (Å²) in [6.45, 7) is 4.55. The van der Waals surface area contributed by atoms with Gasteiger partial charge in [0.25, 0.3) is 0 Å². The molecular weight excluding hydrogens is 456 g/mol. The monoisotopic (exact) mass is 480 g/mol. The maximum Gasteiger partial charge on any atom is 0.226 e. The Morgan fingerprint density at radius 3 is 2.66 bits per heavy atom. The molecule has 3 heterocycles. The highest BCUT2D eigenvalue weighted by atomic mass is 32.1. The molecule has 0 radical (unpaired) electrons. The highest BCUT2D eigenvalue weighted by molar-refractivity contribution is 7.20. The van der Waals surface area contributed by atoms with Gasteiger partial charge >= 0.3 is 0 Å². The molecule has 7 heteroatoms. The number of nitrogens with one attached hydrogen (secondary N) is 1. The first-order chi connectivity index (χ1) is 17.1. The van der Waals surface area contributed by atoms with Crippen LogP contribution in [-0.4, -0.2) is 20.7 Å². The molecule has 174 valence electrons. The number of anilines is 1. The summed E-state index contributed by atoms with van der Waals surface area (Å²) in [5.74, 6) is 1.28. The smallest absolute Gasteiger partial charge is 0.226 e. The van der Waals surface area contributed by atoms with Gasteiger partial charge in [0.15, 0.2) is 0 Å². The molecule has 6 rings (SSSR count). The van der Waals surface area contributed by atoms with Gasteiger partial charge in [-0.1, -0.05) is 65.9 Å². The van der Waals surface area contributed by atoms with Crippen LogP contribution in [0.15, 0.2) is 72.8 Å². The second-order valence-electron chi connectivity index (χ2n) is 8.78. The molecule has 0 fully saturated rings. The second-order valence-corrected chi connectivity index (χ2v) is 9.79. The first-order valence-electron chi connectivity index (χ1n) is 11.6. The third-order valence-electron chi connectivity index (χ3n) is 6.51. The van der Waals surface area contributed by atoms with Gasteiger partial charge in [0, 0.05) is 23.5 Å². The van der Waals surface area contributed by atoms with Crippen molar-refractivity contribution in [3.63, 3.8) is 0 Å². The largest absolute Gasteiger partial charge is 0.489 e. The lowest BCUT2D eigenvalue weighted by molar-refractivity contribution is -0.116. The van der Waals surface area contributed by atoms with Crippen LogP contribution >= 0.6 is 11.3 Å². The number of rotatable bonds is 5. The van der Waals surface area contributed by atoms with Crippen LogP contribution in [0.2, 0.25) is 0 Å². The number of aromatic nitrogens is 3. The average molecular weight is 481 g/mol. The lowest BCUT2D eigenvalue weighted by Crippen LogP contribution is -2.25. The third kappa shape index (κ3) is 3.88. The molecule has 2 aromatic heterocycles. The number of nitrogens with zero attached hydrogens (tertiary/aromatic N) is 3. The van der Waals surface area contributed by atoms with Gasteiger partial charge in [0.1, 0.15) is 18.2 Å². The Balaban J connectivity index is 1.40. The third-order valence-corrected chi connectivity index (χ3v) is 7.52. The van der Waals surface area contributed by atoms with E-state index in [0.29, 0.717) is 18.8 Å². The topological polar surface area (TPSA) is 69.0 Å². The van der Waals surface area contributed by atoms with E-state index in [-0.39, 0.29) is 11.8 Å². The highest BCUT2D eigenvalue weighted by Crippen LogP contribution is 2.43. The molecule has 0 saturated heterocycles. The van der Waals surface area contributed by atoms with Crippen molar-refractivity contribution in [2.75, 3.05) is 5.32 Å². The number of thiazole rings is 1. The van der Waals surface area contributed by atoms with Gasteiger partial charge in [-0.2, -0.15) is 9.78 Å². The molecule has 0 saturated carbocycles. The normalized spacial score (nSPS) is 15.1. The molecule has 3 aromatic carbocycles. The van der Waals surface area contributed by atoms with Gasteiger partial charge in [-0.15, -0.1) is 0 Å². The number of carbonyl (C=O) groups is 1. The van der Waals surface area contributed by atoms with E-state index in [1.54, 1.807) is 16.0 Å². The summed E-state index contributed by atoms with van der Waals surface area (Å²) in [4.78, 5) is 17.7. The van der Waals surface area contributed by atoms with Crippen LogP contribution in [0.25, 0.3) is 15.3 Å². The van der Waals surface area contributed by atoms with Crippen molar-refractivity contribution in [3.05, 3.63) is 101 Å². The Morgan fingerprint density at radius 2 is 1.80 bits per heavy atom. The molecule has 1 N–H and O–H groups in total. The van der Waals surface area contributed by atoms with Crippen LogP contribution in [0.5, 0.6) is 5.75 Å². The van der Waals surface area contributed by atoms with Crippen LogP contribution in [0.3, 0.4) is 0 Å². The minimum atomic E-state index is -0.157. The van der Waals surface area contributed by atoms with E-state index in [1.807, 2.05) is 61.5 Å². The summed E-state index contributed by atoms with van der Waals surface area (Å²) >= 11 is 1.56. The van der Waals surface area contributed by atoms with E-state index < -0.39 is 0 Å². The highest BCUT2D eigenvalue weighted by Gasteiger charge is 2.34. The van der Waals surface area contributed by atoms with Crippen LogP contribution in [-0.2, 0) is 11.4 Å². The molecule has 0 bridgehead atoms. The average Bonchev–Trinajstić information content (AvgIpc) is 3.44. The molecule has 0 unspecified atom stereocenters. The molecule has 6 nitrogen and oxygen atoms in total. The maximum absolute atomic E-state index is 12.9. The minimum absolute atomic E-state index is 0.0431. The summed E-state index contributed by atoms with van der Waals surface area (Å²) in [6.07, 6.45) is 0.337. The molecular formula is C28H24N4O2S. The fourth-order valence-electron chi connectivity index (χ4n) is 4.73. The van der Waals surface area contributed by atoms with Crippen molar-refractivity contribution >= 4 is 33.3 Å². The lowest BCUT2D eigenvalue weighted by atomic mass is 9.85. The predicted molar refractivity (Wildman–Crippen MR) is 139 cm³/mol. The van der Waals surface area contributed by atoms with Gasteiger partial charge in [0.2, 0.25) is 11.0 Å². The van der Waals surface area contributed by atoms with Gasteiger partial charge in [-0.3, -0.25) is 4.79 Å². The Kier molecular flexibility index (Phi) is 5.34. The summed E-state index contributed by atoms with van der Waals surface area (Å²) < 4.78 is 9.17. The number of carbonyl (C=O) groups excluding carboxylic acids is 1. The van der Waals surface area contributed by atoms with Crippen molar-refractivity contribution in [2.24, 2.45) is 0 Å². The van der Waals surface area contributed by atoms with Gasteiger partial charge in [0.05, 0.1) is 15.9 Å². The van der Waals surface area contributed by atoms with Crippen LogP contribution in [0.4, 0.5) is 5.82 Å². The summed E-state index contributed by atoms with van der Waals surface area (Å²) in [6, 6.07) is 24.2. The Bertz CT molecular complexity index is 1540. The van der Waals surface area contributed by atoms with Crippen LogP contribution in [0, 0.1) is 13.8 Å². The van der Waals surface area contributed by atoms with Gasteiger partial charge in [-0.25, -0.2) is 4.98 Å². The zero-order chi connectivity index (χ0) is 23.9. The fourth-order valence-corrected chi connectivity index (χ4v) is 5.65. The molecule has 1 atom stereocenters. The van der Waals surface area contributed by atoms with Crippen molar-refractivity contribution < 1.29 is 9.53 Å². The van der Waals surface area contributed by atoms with E-state index >= 15 is 0 Å². The van der Waals surface area contributed by atoms with Gasteiger partial charge < -0.3 is 10.1 Å². The van der Waals surface area contributed by atoms with E-state index in [2.05, 4.69) is 30.4 Å². The first kappa shape index (κ1) is 21.6. The standard InChI is InChI=1S/C28H24N4O2S/c1-17-9-3-4-10-19(17)16-34-23-13-7-5-11-20(23)21-15-25(33)30-27-26(21)18(2)31-32(27)28-29-22-12-6-8-14-24(22)35-28/h3-14,21H,15-16H2,1-2H3,(H,30,33)/t21-/m1/s1. The minimum Gasteiger partial charge on any atom is -0.489 e. The first-order valence-corrected chi connectivity index (χ1v) is 12.4. The SMILES string of the molecule is Cc1ccccc1COc1ccccc1[C@H]1CC(=O)Nc2c1c(C)nn2-c1nc2ccccc2s1. The molecule has 0 spiro atoms. The van der Waals surface area contributed by atoms with Crippen molar-refractivity contribution in [1.82, 2.24) is 14.8 Å². The predicted octanol–water partition coefficient (Wildman–Crippen LogP) is 6.15. The molecule has 0 aliphatic carbocycles. The fraction of sp³-hybridized carbons (Fsp3) is 0.179. The lowest BCUT2D eigenvalue weighted by Gasteiger charge is -2.26. The van der Waals surface area contributed by atoms with Gasteiger partial charge in [-0.05, 0) is 43.2 Å². The van der Waals surface area contributed by atoms with E-state index in [9.17, 15) is 4.79 Å². The zero-order valence-electron chi connectivity index (χ0n) is 19.5. The number of para-hydroxylation sites is 2. The number of benzene rings is 3. The van der Waals surface area contributed by atoms with E-state index in [1.165, 1.54) is 5.56 Å². The Morgan fingerprint density at radius 1 is 1.03 bits per heavy atom. The van der Waals surface area contributed by atoms with E-state index in [4.69, 9.17) is 14.8 Å². The molecule has 5 aromatic rings. The number of hydrogen-bond acceptors (Lipinski definition) is 5. The van der Waals surface area contributed by atoms with E-state index in [0.717, 1.165) is 43.5 Å². The van der Waals surface area contributed by atoms with Crippen molar-refractivity contribution in [3.8, 4) is 10.9 Å². The number of aryl methyl sites for hydroxylation is 2. The van der Waals surface area contributed by atoms with Crippen molar-refractivity contribution in [1.29, 1.82) is 0 Å². The Hall–Kier alpha value is -3.97. The second kappa shape index (κ2) is 8.67. The summed E-state index contributed by atoms with van der Waals surface area (Å²) in [5, 5.41) is 8.61.